The molecule has 0 bridgehead atoms. The maximum Gasteiger partial charge on any atom is 0.137 e. The summed E-state index contributed by atoms with van der Waals surface area (Å²) in [6.45, 7) is 0. The number of nitriles is 2. The van der Waals surface area contributed by atoms with E-state index in [2.05, 4.69) is 107 Å². The third kappa shape index (κ3) is 5.81. The Morgan fingerprint density at radius 1 is 0.362 bits per heavy atom. The van der Waals surface area contributed by atoms with Crippen molar-refractivity contribution in [2.45, 2.75) is 0 Å². The molecule has 0 aliphatic heterocycles. The number of nitrogens with zero attached hydrogens (tertiary/aromatic N) is 6. The Hall–Kier alpha value is -8.32. The molecule has 6 heteroatoms. The van der Waals surface area contributed by atoms with E-state index in [1.54, 1.807) is 12.4 Å². The molecule has 0 radical (unpaired) electrons. The van der Waals surface area contributed by atoms with Gasteiger partial charge in [-0.1, -0.05) is 121 Å². The molecule has 10 aromatic rings. The lowest BCUT2D eigenvalue weighted by atomic mass is 9.91. The van der Waals surface area contributed by atoms with Gasteiger partial charge in [0.2, 0.25) is 0 Å². The Kier molecular flexibility index (Phi) is 8.49. The predicted molar refractivity (Wildman–Crippen MR) is 235 cm³/mol. The maximum atomic E-state index is 10.6. The maximum absolute atomic E-state index is 10.6. The van der Waals surface area contributed by atoms with Gasteiger partial charge in [-0.3, -0.25) is 9.80 Å². The van der Waals surface area contributed by atoms with Gasteiger partial charge in [-0.25, -0.2) is 9.97 Å². The van der Waals surface area contributed by atoms with Crippen LogP contribution in [0.4, 0.5) is 34.4 Å². The van der Waals surface area contributed by atoms with E-state index in [4.69, 9.17) is 9.97 Å². The number of aromatic nitrogens is 2. The van der Waals surface area contributed by atoms with Crippen LogP contribution in [0.5, 0.6) is 0 Å². The summed E-state index contributed by atoms with van der Waals surface area (Å²) >= 11 is 0. The fraction of sp³-hybridized carbons (Fsp3) is 0. The molecular formula is C52H32N6. The highest BCUT2D eigenvalue weighted by Gasteiger charge is 2.25. The first-order chi connectivity index (χ1) is 28.7. The van der Waals surface area contributed by atoms with E-state index in [0.29, 0.717) is 22.8 Å². The van der Waals surface area contributed by atoms with Gasteiger partial charge in [0.1, 0.15) is 23.8 Å². The normalized spacial score (nSPS) is 11.1. The van der Waals surface area contributed by atoms with Crippen molar-refractivity contribution >= 4 is 66.7 Å². The highest BCUT2D eigenvalue weighted by Crippen LogP contribution is 2.48. The van der Waals surface area contributed by atoms with Crippen molar-refractivity contribution in [1.82, 2.24) is 9.97 Å². The van der Waals surface area contributed by atoms with Crippen LogP contribution in [0.2, 0.25) is 0 Å². The van der Waals surface area contributed by atoms with Gasteiger partial charge >= 0.3 is 0 Å². The fourth-order valence-corrected chi connectivity index (χ4v) is 8.15. The zero-order valence-corrected chi connectivity index (χ0v) is 31.2. The van der Waals surface area contributed by atoms with Crippen molar-refractivity contribution in [1.29, 1.82) is 10.5 Å². The van der Waals surface area contributed by atoms with Gasteiger partial charge in [-0.15, -0.1) is 0 Å². The van der Waals surface area contributed by atoms with Crippen molar-refractivity contribution < 1.29 is 0 Å². The van der Waals surface area contributed by atoms with Gasteiger partial charge in [0.15, 0.2) is 0 Å². The van der Waals surface area contributed by atoms with Gasteiger partial charge in [0.25, 0.3) is 0 Å². The minimum atomic E-state index is 0.539. The van der Waals surface area contributed by atoms with Crippen LogP contribution >= 0.6 is 0 Å². The molecule has 58 heavy (non-hydrogen) atoms. The Morgan fingerprint density at radius 3 is 1.16 bits per heavy atom. The summed E-state index contributed by atoms with van der Waals surface area (Å²) in [6.07, 6.45) is 3.56. The third-order valence-electron chi connectivity index (χ3n) is 10.8. The van der Waals surface area contributed by atoms with Crippen LogP contribution < -0.4 is 9.80 Å². The van der Waals surface area contributed by atoms with Crippen molar-refractivity contribution in [3.63, 3.8) is 0 Å². The molecule has 0 amide bonds. The zero-order valence-electron chi connectivity index (χ0n) is 31.2. The number of pyridine rings is 2. The van der Waals surface area contributed by atoms with Gasteiger partial charge in [0, 0.05) is 23.2 Å². The van der Waals surface area contributed by atoms with Crippen LogP contribution in [0, 0.1) is 22.7 Å². The highest BCUT2D eigenvalue weighted by atomic mass is 15.2. The van der Waals surface area contributed by atoms with Gasteiger partial charge in [0.05, 0.1) is 33.9 Å². The molecule has 0 aliphatic carbocycles. The number of hydrogen-bond donors (Lipinski definition) is 0. The van der Waals surface area contributed by atoms with E-state index in [-0.39, 0.29) is 0 Å². The predicted octanol–water partition coefficient (Wildman–Crippen LogP) is 13.4. The molecule has 0 fully saturated rings. The smallest absolute Gasteiger partial charge is 0.137 e. The zero-order chi connectivity index (χ0) is 39.0. The second-order valence-electron chi connectivity index (χ2n) is 14.1. The van der Waals surface area contributed by atoms with E-state index < -0.39 is 0 Å². The number of rotatable bonds is 8. The van der Waals surface area contributed by atoms with E-state index >= 15 is 0 Å². The Balaban J connectivity index is 1.19. The number of benzene rings is 8. The molecule has 0 aliphatic rings. The van der Waals surface area contributed by atoms with Crippen molar-refractivity contribution in [2.75, 3.05) is 9.80 Å². The van der Waals surface area contributed by atoms with Gasteiger partial charge in [-0.05, 0) is 104 Å². The van der Waals surface area contributed by atoms with Crippen LogP contribution in [0.3, 0.4) is 0 Å². The second-order valence-corrected chi connectivity index (χ2v) is 14.1. The lowest BCUT2D eigenvalue weighted by Gasteiger charge is -2.29. The molecule has 0 unspecified atom stereocenters. The molecule has 6 nitrogen and oxygen atoms in total. The largest absolute Gasteiger partial charge is 0.293 e. The van der Waals surface area contributed by atoms with Crippen LogP contribution in [-0.2, 0) is 0 Å². The van der Waals surface area contributed by atoms with Crippen LogP contribution in [0.1, 0.15) is 11.1 Å². The molecule has 0 saturated carbocycles. The molecule has 0 atom stereocenters. The molecule has 2 aromatic heterocycles. The van der Waals surface area contributed by atoms with E-state index in [0.717, 1.165) is 77.3 Å². The summed E-state index contributed by atoms with van der Waals surface area (Å²) < 4.78 is 0. The molecule has 0 N–H and O–H groups in total. The first-order valence-corrected chi connectivity index (χ1v) is 19.0. The van der Waals surface area contributed by atoms with Crippen molar-refractivity contribution in [2.24, 2.45) is 0 Å². The minimum Gasteiger partial charge on any atom is -0.293 e. The summed E-state index contributed by atoms with van der Waals surface area (Å²) in [5.74, 6) is 1.40. The van der Waals surface area contributed by atoms with E-state index in [9.17, 15) is 10.5 Å². The molecule has 10 rings (SSSR count). The standard InChI is InChI=1S/C52H32N6/c53-33-41-31-39(35-11-3-1-4-12-35)21-25-45(41)57(49-15-7-9-29-55-49)47-27-19-37-18-24-44-48(28-20-38-17-23-43(47)51(37)52(38)44)58(50-16-8-10-30-56-50)46-26-22-40(32-42(46)34-54)36-13-5-2-6-14-36/h1-32H. The minimum absolute atomic E-state index is 0.539. The summed E-state index contributed by atoms with van der Waals surface area (Å²) in [5, 5.41) is 27.6. The van der Waals surface area contributed by atoms with E-state index in [1.807, 2.05) is 97.1 Å². The summed E-state index contributed by atoms with van der Waals surface area (Å²) in [7, 11) is 0. The first kappa shape index (κ1) is 34.2. The van der Waals surface area contributed by atoms with Crippen molar-refractivity contribution in [3.8, 4) is 34.4 Å². The van der Waals surface area contributed by atoms with Crippen LogP contribution in [-0.4, -0.2) is 9.97 Å². The molecular weight excluding hydrogens is 709 g/mol. The van der Waals surface area contributed by atoms with Gasteiger partial charge < -0.3 is 0 Å². The fourth-order valence-electron chi connectivity index (χ4n) is 8.15. The lowest BCUT2D eigenvalue weighted by Crippen LogP contribution is -2.14. The average molecular weight is 741 g/mol. The van der Waals surface area contributed by atoms with Crippen LogP contribution in [0.25, 0.3) is 54.6 Å². The average Bonchev–Trinajstić information content (AvgIpc) is 3.30. The van der Waals surface area contributed by atoms with E-state index in [1.165, 1.54) is 0 Å². The molecule has 0 spiro atoms. The number of hydrogen-bond acceptors (Lipinski definition) is 6. The quantitative estimate of drug-likeness (QED) is 0.144. The second kappa shape index (κ2) is 14.4. The Bertz CT molecular complexity index is 2970. The summed E-state index contributed by atoms with van der Waals surface area (Å²) in [5.41, 5.74) is 8.38. The summed E-state index contributed by atoms with van der Waals surface area (Å²) in [6, 6.07) is 66.2. The Morgan fingerprint density at radius 2 is 0.759 bits per heavy atom. The molecule has 2 heterocycles. The highest BCUT2D eigenvalue weighted by molar-refractivity contribution is 6.28. The van der Waals surface area contributed by atoms with Crippen LogP contribution in [0.15, 0.2) is 194 Å². The molecule has 270 valence electrons. The molecule has 0 saturated heterocycles. The monoisotopic (exact) mass is 740 g/mol. The topological polar surface area (TPSA) is 79.8 Å². The lowest BCUT2D eigenvalue weighted by molar-refractivity contribution is 1.18. The third-order valence-corrected chi connectivity index (χ3v) is 10.8. The Labute approximate surface area is 335 Å². The number of anilines is 6. The van der Waals surface area contributed by atoms with Gasteiger partial charge in [-0.2, -0.15) is 10.5 Å². The SMILES string of the molecule is N#Cc1cc(-c2ccccc2)ccc1N(c1ccccn1)c1ccc2ccc3c(N(c4ccccn4)c4ccc(-c5ccccc5)cc4C#N)ccc4ccc1c2c43. The summed E-state index contributed by atoms with van der Waals surface area (Å²) in [4.78, 5) is 13.8. The van der Waals surface area contributed by atoms with Crippen molar-refractivity contribution in [3.05, 3.63) is 206 Å². The molecule has 8 aromatic carbocycles. The first-order valence-electron chi connectivity index (χ1n) is 19.0.